The lowest BCUT2D eigenvalue weighted by Crippen LogP contribution is -2.11. The maximum atomic E-state index is 9.97. The third kappa shape index (κ3) is 3.82. The third-order valence-electron chi connectivity index (χ3n) is 2.78. The van der Waals surface area contributed by atoms with Crippen LogP contribution in [-0.2, 0) is 12.8 Å². The highest BCUT2D eigenvalue weighted by Crippen LogP contribution is 2.14. The average Bonchev–Trinajstić information content (AvgIpc) is 2.90. The Morgan fingerprint density at radius 1 is 1.39 bits per heavy atom. The molecule has 0 saturated carbocycles. The summed E-state index contributed by atoms with van der Waals surface area (Å²) in [5.41, 5.74) is 1.04. The number of pyridine rings is 1. The summed E-state index contributed by atoms with van der Waals surface area (Å²) >= 11 is 1.74. The summed E-state index contributed by atoms with van der Waals surface area (Å²) in [4.78, 5) is 5.45. The Bertz CT molecular complexity index is 453. The van der Waals surface area contributed by atoms with E-state index < -0.39 is 0 Å². The molecule has 1 atom stereocenters. The minimum absolute atomic E-state index is 0.317. The van der Waals surface area contributed by atoms with Crippen LogP contribution in [0, 0.1) is 0 Å². The number of nitrogens with zero attached hydrogens (tertiary/aromatic N) is 1. The fraction of sp³-hybridized carbons (Fsp3) is 0.357. The largest absolute Gasteiger partial charge is 0.481 e. The van der Waals surface area contributed by atoms with Crippen LogP contribution in [0.1, 0.15) is 16.9 Å². The molecule has 0 aliphatic rings. The van der Waals surface area contributed by atoms with Gasteiger partial charge in [0.15, 0.2) is 0 Å². The maximum Gasteiger partial charge on any atom is 0.212 e. The van der Waals surface area contributed by atoms with Gasteiger partial charge in [0.25, 0.3) is 0 Å². The molecule has 96 valence electrons. The van der Waals surface area contributed by atoms with E-state index in [1.54, 1.807) is 24.6 Å². The molecule has 0 amide bonds. The van der Waals surface area contributed by atoms with Crippen molar-refractivity contribution in [2.45, 2.75) is 25.4 Å². The maximum absolute atomic E-state index is 9.97. The number of methoxy groups -OCH3 is 1. The van der Waals surface area contributed by atoms with E-state index in [2.05, 4.69) is 16.4 Å². The van der Waals surface area contributed by atoms with Crippen molar-refractivity contribution >= 4 is 11.3 Å². The molecule has 0 aliphatic heterocycles. The summed E-state index contributed by atoms with van der Waals surface area (Å²) in [6, 6.07) is 7.91. The van der Waals surface area contributed by atoms with Crippen molar-refractivity contribution in [3.8, 4) is 5.88 Å². The van der Waals surface area contributed by atoms with Crippen LogP contribution >= 0.6 is 11.3 Å². The van der Waals surface area contributed by atoms with E-state index in [1.165, 1.54) is 4.88 Å². The molecule has 0 fully saturated rings. The zero-order valence-corrected chi connectivity index (χ0v) is 11.2. The van der Waals surface area contributed by atoms with Gasteiger partial charge in [0, 0.05) is 17.1 Å². The topological polar surface area (TPSA) is 42.4 Å². The molecule has 0 aromatic carbocycles. The van der Waals surface area contributed by atoms with Gasteiger partial charge in [-0.05, 0) is 36.3 Å². The van der Waals surface area contributed by atoms with Crippen molar-refractivity contribution < 1.29 is 9.84 Å². The van der Waals surface area contributed by atoms with Crippen LogP contribution in [0.5, 0.6) is 5.88 Å². The zero-order valence-electron chi connectivity index (χ0n) is 10.4. The second kappa shape index (κ2) is 6.52. The Kier molecular flexibility index (Phi) is 4.73. The van der Waals surface area contributed by atoms with Crippen molar-refractivity contribution in [3.63, 3.8) is 0 Å². The van der Waals surface area contributed by atoms with E-state index in [-0.39, 0.29) is 6.10 Å². The SMILES string of the molecule is COc1ccc(CC(O)CCc2cccs2)cn1. The van der Waals surface area contributed by atoms with Gasteiger partial charge in [-0.25, -0.2) is 4.98 Å². The first-order valence-corrected chi connectivity index (χ1v) is 6.85. The molecule has 2 aromatic heterocycles. The molecule has 2 rings (SSSR count). The summed E-state index contributed by atoms with van der Waals surface area (Å²) in [5, 5.41) is 12.0. The van der Waals surface area contributed by atoms with Crippen molar-refractivity contribution in [2.24, 2.45) is 0 Å². The minimum atomic E-state index is -0.317. The molecule has 4 heteroatoms. The predicted octanol–water partition coefficient (Wildman–Crippen LogP) is 2.69. The smallest absolute Gasteiger partial charge is 0.212 e. The molecular weight excluding hydrogens is 246 g/mol. The quantitative estimate of drug-likeness (QED) is 0.871. The normalized spacial score (nSPS) is 12.3. The van der Waals surface area contributed by atoms with E-state index in [0.29, 0.717) is 12.3 Å². The van der Waals surface area contributed by atoms with Gasteiger partial charge < -0.3 is 9.84 Å². The fourth-order valence-electron chi connectivity index (χ4n) is 1.79. The van der Waals surface area contributed by atoms with E-state index in [4.69, 9.17) is 4.74 Å². The van der Waals surface area contributed by atoms with Gasteiger partial charge in [0.05, 0.1) is 13.2 Å². The molecule has 0 radical (unpaired) electrons. The molecule has 0 bridgehead atoms. The van der Waals surface area contributed by atoms with Gasteiger partial charge in [-0.1, -0.05) is 12.1 Å². The van der Waals surface area contributed by atoms with Crippen molar-refractivity contribution in [2.75, 3.05) is 7.11 Å². The molecule has 3 nitrogen and oxygen atoms in total. The number of aliphatic hydroxyl groups excluding tert-OH is 1. The second-order valence-corrected chi connectivity index (χ2v) is 5.22. The molecule has 0 spiro atoms. The highest BCUT2D eigenvalue weighted by molar-refractivity contribution is 7.09. The summed E-state index contributed by atoms with van der Waals surface area (Å²) in [6.45, 7) is 0. The van der Waals surface area contributed by atoms with Crippen LogP contribution in [0.3, 0.4) is 0 Å². The highest BCUT2D eigenvalue weighted by Gasteiger charge is 2.07. The van der Waals surface area contributed by atoms with Crippen molar-refractivity contribution in [1.82, 2.24) is 4.98 Å². The second-order valence-electron chi connectivity index (χ2n) is 4.18. The number of hydrogen-bond acceptors (Lipinski definition) is 4. The van der Waals surface area contributed by atoms with Crippen molar-refractivity contribution in [1.29, 1.82) is 0 Å². The van der Waals surface area contributed by atoms with Crippen LogP contribution in [0.25, 0.3) is 0 Å². The first-order valence-electron chi connectivity index (χ1n) is 5.97. The number of thiophene rings is 1. The number of rotatable bonds is 6. The Balaban J connectivity index is 1.80. The monoisotopic (exact) mass is 263 g/mol. The summed E-state index contributed by atoms with van der Waals surface area (Å²) in [5.74, 6) is 0.604. The van der Waals surface area contributed by atoms with Crippen LogP contribution in [0.4, 0.5) is 0 Å². The van der Waals surface area contributed by atoms with Crippen LogP contribution in [0.2, 0.25) is 0 Å². The van der Waals surface area contributed by atoms with E-state index in [1.807, 2.05) is 18.2 Å². The number of hydrogen-bond donors (Lipinski definition) is 1. The first kappa shape index (κ1) is 13.1. The number of aliphatic hydroxyl groups is 1. The number of ether oxygens (including phenoxy) is 1. The van der Waals surface area contributed by atoms with E-state index >= 15 is 0 Å². The van der Waals surface area contributed by atoms with Crippen LogP contribution in [0.15, 0.2) is 35.8 Å². The van der Waals surface area contributed by atoms with Crippen LogP contribution < -0.4 is 4.74 Å². The Morgan fingerprint density at radius 3 is 2.89 bits per heavy atom. The van der Waals surface area contributed by atoms with Gasteiger partial charge in [0.2, 0.25) is 5.88 Å². The molecule has 0 saturated heterocycles. The van der Waals surface area contributed by atoms with E-state index in [0.717, 1.165) is 18.4 Å². The summed E-state index contributed by atoms with van der Waals surface area (Å²) in [6.07, 6.45) is 3.80. The minimum Gasteiger partial charge on any atom is -0.481 e. The van der Waals surface area contributed by atoms with Gasteiger partial charge in [-0.2, -0.15) is 0 Å². The van der Waals surface area contributed by atoms with Gasteiger partial charge in [-0.15, -0.1) is 11.3 Å². The van der Waals surface area contributed by atoms with E-state index in [9.17, 15) is 5.11 Å². The Labute approximate surface area is 111 Å². The standard InChI is InChI=1S/C14H17NO2S/c1-17-14-7-4-11(10-15-14)9-12(16)5-6-13-3-2-8-18-13/h2-4,7-8,10,12,16H,5-6,9H2,1H3. The molecular formula is C14H17NO2S. The summed E-state index contributed by atoms with van der Waals surface area (Å²) < 4.78 is 5.00. The summed E-state index contributed by atoms with van der Waals surface area (Å²) in [7, 11) is 1.60. The lowest BCUT2D eigenvalue weighted by atomic mass is 10.1. The lowest BCUT2D eigenvalue weighted by molar-refractivity contribution is 0.165. The number of aryl methyl sites for hydroxylation is 1. The van der Waals surface area contributed by atoms with Crippen LogP contribution in [-0.4, -0.2) is 23.3 Å². The average molecular weight is 263 g/mol. The lowest BCUT2D eigenvalue weighted by Gasteiger charge is -2.10. The molecule has 2 aromatic rings. The van der Waals surface area contributed by atoms with Gasteiger partial charge >= 0.3 is 0 Å². The van der Waals surface area contributed by atoms with Crippen molar-refractivity contribution in [3.05, 3.63) is 46.3 Å². The third-order valence-corrected chi connectivity index (χ3v) is 3.72. The molecule has 0 aliphatic carbocycles. The Hall–Kier alpha value is -1.39. The van der Waals surface area contributed by atoms with Gasteiger partial charge in [0.1, 0.15) is 0 Å². The molecule has 2 heterocycles. The number of aromatic nitrogens is 1. The predicted molar refractivity (Wildman–Crippen MR) is 73.1 cm³/mol. The zero-order chi connectivity index (χ0) is 12.8. The Morgan fingerprint density at radius 2 is 2.28 bits per heavy atom. The molecule has 1 N–H and O–H groups in total. The van der Waals surface area contributed by atoms with Gasteiger partial charge in [-0.3, -0.25) is 0 Å². The highest BCUT2D eigenvalue weighted by atomic mass is 32.1. The fourth-order valence-corrected chi connectivity index (χ4v) is 2.52. The molecule has 1 unspecified atom stereocenters. The first-order chi connectivity index (χ1) is 8.78. The molecule has 18 heavy (non-hydrogen) atoms.